The van der Waals surface area contributed by atoms with Gasteiger partial charge in [0.05, 0.1) is 17.3 Å². The minimum atomic E-state index is 0.0192. The zero-order valence-corrected chi connectivity index (χ0v) is 12.4. The Morgan fingerprint density at radius 1 is 1.20 bits per heavy atom. The lowest BCUT2D eigenvalue weighted by molar-refractivity contribution is 0.0942. The van der Waals surface area contributed by atoms with Crippen LogP contribution in [0.15, 0.2) is 42.5 Å². The van der Waals surface area contributed by atoms with Gasteiger partial charge in [-0.1, -0.05) is 29.8 Å². The van der Waals surface area contributed by atoms with E-state index >= 15 is 0 Å². The van der Waals surface area contributed by atoms with Gasteiger partial charge in [0.2, 0.25) is 0 Å². The molecule has 2 aromatic rings. The number of ketones is 1. The first-order valence-corrected chi connectivity index (χ1v) is 6.83. The van der Waals surface area contributed by atoms with Gasteiger partial charge < -0.3 is 0 Å². The minimum absolute atomic E-state index is 0.0192. The number of carbonyl (C=O) groups is 1. The molecule has 0 radical (unpaired) electrons. The average molecular weight is 289 g/mol. The molecule has 0 atom stereocenters. The van der Waals surface area contributed by atoms with Crippen LogP contribution in [0.5, 0.6) is 0 Å². The van der Waals surface area contributed by atoms with Crippen molar-refractivity contribution < 1.29 is 4.79 Å². The van der Waals surface area contributed by atoms with E-state index in [9.17, 15) is 4.79 Å². The van der Waals surface area contributed by atoms with Gasteiger partial charge in [0.25, 0.3) is 0 Å². The van der Waals surface area contributed by atoms with E-state index in [1.165, 1.54) is 0 Å². The molecule has 0 N–H and O–H groups in total. The van der Waals surface area contributed by atoms with Gasteiger partial charge in [-0.15, -0.1) is 0 Å². The van der Waals surface area contributed by atoms with Crippen LogP contribution in [0, 0.1) is 6.92 Å². The SMILES string of the molecule is Cc1cccc(CN(C)CC(=O)c2ccccc2Cl)n1. The van der Waals surface area contributed by atoms with Crippen molar-refractivity contribution in [2.24, 2.45) is 0 Å². The largest absolute Gasteiger partial charge is 0.293 e. The Labute approximate surface area is 124 Å². The maximum atomic E-state index is 12.2. The summed E-state index contributed by atoms with van der Waals surface area (Å²) in [5.41, 5.74) is 2.51. The van der Waals surface area contributed by atoms with E-state index in [-0.39, 0.29) is 5.78 Å². The van der Waals surface area contributed by atoms with Crippen LogP contribution in [0.2, 0.25) is 5.02 Å². The van der Waals surface area contributed by atoms with Gasteiger partial charge in [0.15, 0.2) is 5.78 Å². The second-order valence-corrected chi connectivity index (χ2v) is 5.25. The molecule has 104 valence electrons. The van der Waals surface area contributed by atoms with Gasteiger partial charge in [0.1, 0.15) is 0 Å². The highest BCUT2D eigenvalue weighted by atomic mass is 35.5. The quantitative estimate of drug-likeness (QED) is 0.791. The highest BCUT2D eigenvalue weighted by Gasteiger charge is 2.12. The summed E-state index contributed by atoms with van der Waals surface area (Å²) >= 11 is 6.03. The average Bonchev–Trinajstić information content (AvgIpc) is 2.38. The highest BCUT2D eigenvalue weighted by Crippen LogP contribution is 2.16. The minimum Gasteiger partial charge on any atom is -0.293 e. The first kappa shape index (κ1) is 14.7. The predicted octanol–water partition coefficient (Wildman–Crippen LogP) is 3.36. The third-order valence-electron chi connectivity index (χ3n) is 2.97. The molecule has 0 saturated carbocycles. The molecule has 1 heterocycles. The van der Waals surface area contributed by atoms with Crippen LogP contribution in [0.25, 0.3) is 0 Å². The molecule has 20 heavy (non-hydrogen) atoms. The van der Waals surface area contributed by atoms with Gasteiger partial charge in [-0.2, -0.15) is 0 Å². The Balaban J connectivity index is 2.00. The van der Waals surface area contributed by atoms with Crippen molar-refractivity contribution in [1.29, 1.82) is 0 Å². The van der Waals surface area contributed by atoms with Crippen molar-refractivity contribution in [2.45, 2.75) is 13.5 Å². The lowest BCUT2D eigenvalue weighted by Crippen LogP contribution is -2.26. The Kier molecular flexibility index (Phi) is 4.88. The van der Waals surface area contributed by atoms with Crippen molar-refractivity contribution in [1.82, 2.24) is 9.88 Å². The second kappa shape index (κ2) is 6.64. The summed E-state index contributed by atoms with van der Waals surface area (Å²) in [5, 5.41) is 0.500. The molecule has 0 fully saturated rings. The van der Waals surface area contributed by atoms with Gasteiger partial charge in [-0.25, -0.2) is 0 Å². The molecule has 0 saturated heterocycles. The molecule has 0 bridgehead atoms. The van der Waals surface area contributed by atoms with E-state index in [1.54, 1.807) is 12.1 Å². The summed E-state index contributed by atoms with van der Waals surface area (Å²) in [6, 6.07) is 13.0. The maximum Gasteiger partial charge on any atom is 0.178 e. The van der Waals surface area contributed by atoms with Gasteiger partial charge in [-0.05, 0) is 38.2 Å². The Morgan fingerprint density at radius 3 is 2.65 bits per heavy atom. The first-order chi connectivity index (χ1) is 9.56. The molecule has 0 aliphatic heterocycles. The first-order valence-electron chi connectivity index (χ1n) is 6.45. The summed E-state index contributed by atoms with van der Waals surface area (Å²) in [5.74, 6) is 0.0192. The molecule has 1 aromatic heterocycles. The van der Waals surface area contributed by atoms with Crippen LogP contribution in [-0.2, 0) is 6.54 Å². The summed E-state index contributed by atoms with van der Waals surface area (Å²) < 4.78 is 0. The number of benzene rings is 1. The van der Waals surface area contributed by atoms with E-state index in [4.69, 9.17) is 11.6 Å². The number of Topliss-reactive ketones (excluding diaryl/α,β-unsaturated/α-hetero) is 1. The summed E-state index contributed by atoms with van der Waals surface area (Å²) in [7, 11) is 1.90. The molecule has 3 nitrogen and oxygen atoms in total. The molecule has 1 aromatic carbocycles. The number of nitrogens with zero attached hydrogens (tertiary/aromatic N) is 2. The van der Waals surface area contributed by atoms with Gasteiger partial charge in [0, 0.05) is 17.8 Å². The number of aryl methyl sites for hydroxylation is 1. The number of hydrogen-bond acceptors (Lipinski definition) is 3. The number of rotatable bonds is 5. The number of halogens is 1. The fourth-order valence-electron chi connectivity index (χ4n) is 2.04. The van der Waals surface area contributed by atoms with E-state index in [0.717, 1.165) is 11.4 Å². The molecular weight excluding hydrogens is 272 g/mol. The number of pyridine rings is 1. The predicted molar refractivity (Wildman–Crippen MR) is 81.1 cm³/mol. The third kappa shape index (κ3) is 3.89. The molecule has 0 spiro atoms. The van der Waals surface area contributed by atoms with Crippen molar-refractivity contribution in [2.75, 3.05) is 13.6 Å². The topological polar surface area (TPSA) is 33.2 Å². The number of hydrogen-bond donors (Lipinski definition) is 0. The zero-order valence-electron chi connectivity index (χ0n) is 11.6. The van der Waals surface area contributed by atoms with Crippen molar-refractivity contribution in [3.8, 4) is 0 Å². The van der Waals surface area contributed by atoms with E-state index in [1.807, 2.05) is 49.2 Å². The van der Waals surface area contributed by atoms with E-state index < -0.39 is 0 Å². The normalized spacial score (nSPS) is 10.8. The van der Waals surface area contributed by atoms with Crippen LogP contribution in [-0.4, -0.2) is 29.3 Å². The van der Waals surface area contributed by atoms with E-state index in [0.29, 0.717) is 23.7 Å². The Hall–Kier alpha value is -1.71. The maximum absolute atomic E-state index is 12.2. The van der Waals surface area contributed by atoms with Gasteiger partial charge >= 0.3 is 0 Å². The number of aromatic nitrogens is 1. The van der Waals surface area contributed by atoms with Crippen molar-refractivity contribution in [3.05, 3.63) is 64.4 Å². The standard InChI is InChI=1S/C16H17ClN2O/c1-12-6-5-7-13(18-12)10-19(2)11-16(20)14-8-3-4-9-15(14)17/h3-9H,10-11H2,1-2H3. The molecular formula is C16H17ClN2O. The number of carbonyl (C=O) groups excluding carboxylic acids is 1. The molecule has 0 amide bonds. The lowest BCUT2D eigenvalue weighted by Gasteiger charge is -2.15. The molecule has 0 aliphatic rings. The molecule has 0 unspecified atom stereocenters. The van der Waals surface area contributed by atoms with Crippen LogP contribution in [0.3, 0.4) is 0 Å². The smallest absolute Gasteiger partial charge is 0.178 e. The summed E-state index contributed by atoms with van der Waals surface area (Å²) in [6.07, 6.45) is 0. The van der Waals surface area contributed by atoms with E-state index in [2.05, 4.69) is 4.98 Å². The van der Waals surface area contributed by atoms with Crippen LogP contribution < -0.4 is 0 Å². The fraction of sp³-hybridized carbons (Fsp3) is 0.250. The summed E-state index contributed by atoms with van der Waals surface area (Å²) in [4.78, 5) is 18.6. The third-order valence-corrected chi connectivity index (χ3v) is 3.30. The van der Waals surface area contributed by atoms with Crippen LogP contribution >= 0.6 is 11.6 Å². The van der Waals surface area contributed by atoms with Crippen molar-refractivity contribution >= 4 is 17.4 Å². The monoisotopic (exact) mass is 288 g/mol. The lowest BCUT2D eigenvalue weighted by atomic mass is 10.1. The Morgan fingerprint density at radius 2 is 1.95 bits per heavy atom. The van der Waals surface area contributed by atoms with Gasteiger partial charge in [-0.3, -0.25) is 14.7 Å². The van der Waals surface area contributed by atoms with Crippen LogP contribution in [0.4, 0.5) is 0 Å². The fourth-order valence-corrected chi connectivity index (χ4v) is 2.28. The van der Waals surface area contributed by atoms with Crippen molar-refractivity contribution in [3.63, 3.8) is 0 Å². The van der Waals surface area contributed by atoms with Crippen LogP contribution in [0.1, 0.15) is 21.7 Å². The summed E-state index contributed by atoms with van der Waals surface area (Å²) in [6.45, 7) is 2.91. The molecule has 2 rings (SSSR count). The Bertz CT molecular complexity index is 613. The number of likely N-dealkylation sites (N-methyl/N-ethyl adjacent to an activating group) is 1. The highest BCUT2D eigenvalue weighted by molar-refractivity contribution is 6.34. The molecule has 4 heteroatoms. The molecule has 0 aliphatic carbocycles. The zero-order chi connectivity index (χ0) is 14.5. The second-order valence-electron chi connectivity index (χ2n) is 4.85.